The summed E-state index contributed by atoms with van der Waals surface area (Å²) in [4.78, 5) is 16.8. The first-order valence-corrected chi connectivity index (χ1v) is 9.51. The van der Waals surface area contributed by atoms with Crippen molar-refractivity contribution in [2.45, 2.75) is 57.6 Å². The Morgan fingerprint density at radius 1 is 1.08 bits per heavy atom. The van der Waals surface area contributed by atoms with Crippen LogP contribution < -0.4 is 5.56 Å². The summed E-state index contributed by atoms with van der Waals surface area (Å²) in [7, 11) is 0. The van der Waals surface area contributed by atoms with Crippen LogP contribution in [0.3, 0.4) is 0 Å². The minimum atomic E-state index is -0.424. The van der Waals surface area contributed by atoms with Gasteiger partial charge in [-0.3, -0.25) is 14.6 Å². The number of piperazine rings is 1. The van der Waals surface area contributed by atoms with E-state index in [-0.39, 0.29) is 11.0 Å². The summed E-state index contributed by atoms with van der Waals surface area (Å²) >= 11 is 0. The maximum Gasteiger partial charge on any atom is 0.266 e. The van der Waals surface area contributed by atoms with Crippen LogP contribution in [0.25, 0.3) is 0 Å². The third-order valence-corrected chi connectivity index (χ3v) is 5.53. The normalized spacial score (nSPS) is 21.9. The van der Waals surface area contributed by atoms with Crippen LogP contribution in [0.1, 0.15) is 45.7 Å². The van der Waals surface area contributed by atoms with E-state index in [0.29, 0.717) is 6.54 Å². The Labute approximate surface area is 150 Å². The summed E-state index contributed by atoms with van der Waals surface area (Å²) < 4.78 is 1.60. The highest BCUT2D eigenvalue weighted by molar-refractivity contribution is 5.10. The predicted octanol–water partition coefficient (Wildman–Crippen LogP) is 1.07. The van der Waals surface area contributed by atoms with Gasteiger partial charge in [0.15, 0.2) is 0 Å². The fourth-order valence-electron chi connectivity index (χ4n) is 3.58. The Balaban J connectivity index is 1.49. The summed E-state index contributed by atoms with van der Waals surface area (Å²) in [5, 5.41) is 14.8. The zero-order chi connectivity index (χ0) is 18.1. The second-order valence-corrected chi connectivity index (χ2v) is 8.73. The smallest absolute Gasteiger partial charge is 0.266 e. The average molecular weight is 348 g/mol. The molecular weight excluding hydrogens is 316 g/mol. The van der Waals surface area contributed by atoms with E-state index in [1.807, 2.05) is 6.07 Å². The molecule has 0 unspecified atom stereocenters. The Morgan fingerprint density at radius 2 is 1.72 bits per heavy atom. The lowest BCUT2D eigenvalue weighted by Gasteiger charge is -2.43. The lowest BCUT2D eigenvalue weighted by Crippen LogP contribution is -2.54. The Kier molecular flexibility index (Phi) is 5.32. The Hall–Kier alpha value is -1.24. The largest absolute Gasteiger partial charge is 0.389 e. The lowest BCUT2D eigenvalue weighted by atomic mass is 9.80. The standard InChI is InChI=1S/C19H32N4O2/c1-18(2,3)16-5-6-17(24)23(20-16)14-13-21-9-11-22(12-10-21)15-19(25)7-4-8-19/h5-6,25H,4,7-15H2,1-3H3. The lowest BCUT2D eigenvalue weighted by molar-refractivity contribution is -0.0656. The van der Waals surface area contributed by atoms with E-state index in [9.17, 15) is 9.90 Å². The maximum atomic E-state index is 12.1. The van der Waals surface area contributed by atoms with Crippen molar-refractivity contribution in [2.75, 3.05) is 39.3 Å². The van der Waals surface area contributed by atoms with Crippen molar-refractivity contribution < 1.29 is 5.11 Å². The molecule has 1 N–H and O–H groups in total. The van der Waals surface area contributed by atoms with E-state index >= 15 is 0 Å². The molecule has 140 valence electrons. The molecule has 6 heteroatoms. The highest BCUT2D eigenvalue weighted by Gasteiger charge is 2.36. The fourth-order valence-corrected chi connectivity index (χ4v) is 3.58. The van der Waals surface area contributed by atoms with Crippen molar-refractivity contribution in [3.8, 4) is 0 Å². The van der Waals surface area contributed by atoms with Gasteiger partial charge in [0.1, 0.15) is 0 Å². The second-order valence-electron chi connectivity index (χ2n) is 8.73. The molecule has 1 aromatic heterocycles. The second kappa shape index (κ2) is 7.17. The van der Waals surface area contributed by atoms with Crippen LogP contribution >= 0.6 is 0 Å². The first-order chi connectivity index (χ1) is 11.8. The van der Waals surface area contributed by atoms with Crippen molar-refractivity contribution in [1.82, 2.24) is 19.6 Å². The van der Waals surface area contributed by atoms with Crippen molar-refractivity contribution in [1.29, 1.82) is 0 Å². The number of aliphatic hydroxyl groups is 1. The molecular formula is C19H32N4O2. The molecule has 1 saturated carbocycles. The summed E-state index contributed by atoms with van der Waals surface area (Å²) in [6.07, 6.45) is 3.06. The van der Waals surface area contributed by atoms with Gasteiger partial charge < -0.3 is 5.11 Å². The molecule has 0 amide bonds. The molecule has 0 radical (unpaired) electrons. The number of β-amino-alcohol motifs (C(OH)–C–C–N with tert-alkyl or cyclic N) is 1. The van der Waals surface area contributed by atoms with Crippen LogP contribution in [0.15, 0.2) is 16.9 Å². The number of hydrogen-bond donors (Lipinski definition) is 1. The molecule has 0 spiro atoms. The van der Waals surface area contributed by atoms with E-state index in [2.05, 4.69) is 35.7 Å². The Morgan fingerprint density at radius 3 is 2.28 bits per heavy atom. The van der Waals surface area contributed by atoms with Gasteiger partial charge in [0.25, 0.3) is 5.56 Å². The molecule has 25 heavy (non-hydrogen) atoms. The Bertz CT molecular complexity index is 638. The molecule has 0 atom stereocenters. The van der Waals surface area contributed by atoms with Gasteiger partial charge in [-0.05, 0) is 25.3 Å². The monoisotopic (exact) mass is 348 g/mol. The minimum Gasteiger partial charge on any atom is -0.389 e. The SMILES string of the molecule is CC(C)(C)c1ccc(=O)n(CCN2CCN(CC3(O)CCC3)CC2)n1. The zero-order valence-electron chi connectivity index (χ0n) is 15.9. The van der Waals surface area contributed by atoms with E-state index in [1.165, 1.54) is 0 Å². The molecule has 0 aromatic carbocycles. The number of nitrogens with zero attached hydrogens (tertiary/aromatic N) is 4. The molecule has 2 aliphatic rings. The molecule has 1 aromatic rings. The zero-order valence-corrected chi connectivity index (χ0v) is 15.9. The van der Waals surface area contributed by atoms with E-state index in [0.717, 1.165) is 64.2 Å². The average Bonchev–Trinajstić information content (AvgIpc) is 2.53. The van der Waals surface area contributed by atoms with Gasteiger partial charge in [-0.15, -0.1) is 0 Å². The molecule has 6 nitrogen and oxygen atoms in total. The van der Waals surface area contributed by atoms with Crippen LogP contribution in [0.5, 0.6) is 0 Å². The highest BCUT2D eigenvalue weighted by atomic mass is 16.3. The fraction of sp³-hybridized carbons (Fsp3) is 0.789. The van der Waals surface area contributed by atoms with Crippen LogP contribution in [-0.4, -0.2) is 69.6 Å². The molecule has 0 bridgehead atoms. The van der Waals surface area contributed by atoms with Gasteiger partial charge in [0.2, 0.25) is 0 Å². The van der Waals surface area contributed by atoms with Crippen molar-refractivity contribution in [3.05, 3.63) is 28.2 Å². The van der Waals surface area contributed by atoms with Gasteiger partial charge in [-0.2, -0.15) is 5.10 Å². The summed E-state index contributed by atoms with van der Waals surface area (Å²) in [5.74, 6) is 0. The van der Waals surface area contributed by atoms with Gasteiger partial charge >= 0.3 is 0 Å². The molecule has 3 rings (SSSR count). The predicted molar refractivity (Wildman–Crippen MR) is 98.9 cm³/mol. The van der Waals surface area contributed by atoms with E-state index < -0.39 is 5.60 Å². The summed E-state index contributed by atoms with van der Waals surface area (Å²) in [6.45, 7) is 12.6. The minimum absolute atomic E-state index is 0.0289. The van der Waals surface area contributed by atoms with Gasteiger partial charge in [0.05, 0.1) is 17.8 Å². The van der Waals surface area contributed by atoms with Gasteiger partial charge in [-0.1, -0.05) is 20.8 Å². The van der Waals surface area contributed by atoms with E-state index in [4.69, 9.17) is 0 Å². The van der Waals surface area contributed by atoms with Gasteiger partial charge in [-0.25, -0.2) is 4.68 Å². The number of rotatable bonds is 5. The van der Waals surface area contributed by atoms with Crippen molar-refractivity contribution in [2.24, 2.45) is 0 Å². The molecule has 2 heterocycles. The molecule has 2 fully saturated rings. The number of aromatic nitrogens is 2. The van der Waals surface area contributed by atoms with Crippen LogP contribution in [-0.2, 0) is 12.0 Å². The molecule has 1 aliphatic carbocycles. The molecule has 1 saturated heterocycles. The van der Waals surface area contributed by atoms with Crippen molar-refractivity contribution >= 4 is 0 Å². The number of hydrogen-bond acceptors (Lipinski definition) is 5. The quantitative estimate of drug-likeness (QED) is 0.863. The van der Waals surface area contributed by atoms with Crippen LogP contribution in [0.4, 0.5) is 0 Å². The first kappa shape index (κ1) is 18.5. The first-order valence-electron chi connectivity index (χ1n) is 9.51. The van der Waals surface area contributed by atoms with Crippen molar-refractivity contribution in [3.63, 3.8) is 0 Å². The van der Waals surface area contributed by atoms with E-state index in [1.54, 1.807) is 10.7 Å². The highest BCUT2D eigenvalue weighted by Crippen LogP contribution is 2.32. The maximum absolute atomic E-state index is 12.1. The molecule has 1 aliphatic heterocycles. The van der Waals surface area contributed by atoms with Crippen LogP contribution in [0, 0.1) is 0 Å². The summed E-state index contributed by atoms with van der Waals surface area (Å²) in [5.41, 5.74) is 0.444. The van der Waals surface area contributed by atoms with Gasteiger partial charge in [0, 0.05) is 50.7 Å². The third kappa shape index (κ3) is 4.68. The summed E-state index contributed by atoms with van der Waals surface area (Å²) in [6, 6.07) is 3.47. The third-order valence-electron chi connectivity index (χ3n) is 5.53. The van der Waals surface area contributed by atoms with Crippen LogP contribution in [0.2, 0.25) is 0 Å². The topological polar surface area (TPSA) is 61.6 Å².